The first-order valence-electron chi connectivity index (χ1n) is 7.55. The van der Waals surface area contributed by atoms with E-state index >= 15 is 0 Å². The number of sulfonamides is 1. The van der Waals surface area contributed by atoms with Crippen molar-refractivity contribution in [3.05, 3.63) is 11.6 Å². The number of amides is 3. The molecule has 0 aromatic rings. The minimum Gasteiger partial charge on any atom is -0.477 e. The van der Waals surface area contributed by atoms with Crippen molar-refractivity contribution in [2.24, 2.45) is 0 Å². The zero-order valence-electron chi connectivity index (χ0n) is 14.0. The van der Waals surface area contributed by atoms with Gasteiger partial charge in [0, 0.05) is 13.1 Å². The average molecular weight is 394 g/mol. The largest absolute Gasteiger partial charge is 0.477 e. The van der Waals surface area contributed by atoms with Gasteiger partial charge in [-0.25, -0.2) is 32.0 Å². The van der Waals surface area contributed by atoms with E-state index in [0.717, 1.165) is 11.2 Å². The van der Waals surface area contributed by atoms with E-state index in [4.69, 9.17) is 5.11 Å². The highest BCUT2D eigenvalue weighted by Gasteiger charge is 2.48. The molecule has 3 N–H and O–H groups in total. The fourth-order valence-corrected chi connectivity index (χ4v) is 3.21. The molecular weight excluding hydrogens is 375 g/mol. The third kappa shape index (κ3) is 4.47. The Morgan fingerprint density at radius 1 is 1.46 bits per heavy atom. The number of carboxylic acids is 1. The number of hydroxylamine groups is 2. The highest BCUT2D eigenvalue weighted by atomic mass is 32.2. The van der Waals surface area contributed by atoms with Gasteiger partial charge in [0.15, 0.2) is 0 Å². The first kappa shape index (κ1) is 20.1. The maximum absolute atomic E-state index is 13.3. The molecule has 0 aromatic heterocycles. The molecule has 0 aromatic carbocycles. The van der Waals surface area contributed by atoms with Gasteiger partial charge in [0.05, 0.1) is 18.8 Å². The Labute approximate surface area is 148 Å². The highest BCUT2D eigenvalue weighted by Crippen LogP contribution is 2.30. The molecule has 3 atom stereocenters. The summed E-state index contributed by atoms with van der Waals surface area (Å²) in [5, 5.41) is 11.7. The Kier molecular flexibility index (Phi) is 5.83. The van der Waals surface area contributed by atoms with Crippen molar-refractivity contribution in [3.63, 3.8) is 0 Å². The van der Waals surface area contributed by atoms with Crippen molar-refractivity contribution in [3.8, 4) is 0 Å². The van der Waals surface area contributed by atoms with Crippen LogP contribution in [0.4, 0.5) is 9.18 Å². The zero-order valence-corrected chi connectivity index (χ0v) is 14.8. The van der Waals surface area contributed by atoms with E-state index in [9.17, 15) is 27.2 Å². The van der Waals surface area contributed by atoms with Crippen LogP contribution in [0.15, 0.2) is 11.6 Å². The van der Waals surface area contributed by atoms with Crippen LogP contribution >= 0.6 is 0 Å². The first-order chi connectivity index (χ1) is 12.0. The number of halogens is 1. The molecule has 26 heavy (non-hydrogen) atoms. The molecular formula is C13H19FN4O7S. The molecule has 1 saturated heterocycles. The van der Waals surface area contributed by atoms with Crippen molar-refractivity contribution in [2.75, 3.05) is 25.9 Å². The van der Waals surface area contributed by atoms with Gasteiger partial charge in [0.2, 0.25) is 15.9 Å². The lowest BCUT2D eigenvalue weighted by Crippen LogP contribution is -2.51. The van der Waals surface area contributed by atoms with Crippen LogP contribution in [0.1, 0.15) is 6.92 Å². The van der Waals surface area contributed by atoms with Gasteiger partial charge < -0.3 is 15.3 Å². The van der Waals surface area contributed by atoms with Gasteiger partial charge in [-0.05, 0) is 12.5 Å². The summed E-state index contributed by atoms with van der Waals surface area (Å²) in [6.07, 6.45) is -0.201. The second kappa shape index (κ2) is 7.55. The molecule has 3 amide bonds. The predicted molar refractivity (Wildman–Crippen MR) is 84.7 cm³/mol. The Morgan fingerprint density at radius 3 is 2.69 bits per heavy atom. The third-order valence-corrected chi connectivity index (χ3v) is 4.48. The Morgan fingerprint density at radius 2 is 2.12 bits per heavy atom. The highest BCUT2D eigenvalue weighted by molar-refractivity contribution is 7.88. The Bertz CT molecular complexity index is 741. The number of hydrogen-bond donors (Lipinski definition) is 3. The summed E-state index contributed by atoms with van der Waals surface area (Å²) >= 11 is 0. The first-order valence-corrected chi connectivity index (χ1v) is 9.44. The van der Waals surface area contributed by atoms with E-state index in [-0.39, 0.29) is 19.6 Å². The molecule has 0 radical (unpaired) electrons. The molecule has 1 fully saturated rings. The molecule has 0 saturated carbocycles. The maximum Gasteiger partial charge on any atom is 0.368 e. The maximum atomic E-state index is 13.3. The predicted octanol–water partition coefficient (Wildman–Crippen LogP) is -1.60. The minimum absolute atomic E-state index is 0.00687. The summed E-state index contributed by atoms with van der Waals surface area (Å²) < 4.78 is 37.4. The van der Waals surface area contributed by atoms with E-state index in [1.54, 1.807) is 6.92 Å². The number of urea groups is 1. The van der Waals surface area contributed by atoms with Crippen LogP contribution in [0, 0.1) is 0 Å². The van der Waals surface area contributed by atoms with E-state index in [2.05, 4.69) is 14.9 Å². The normalized spacial score (nSPS) is 23.7. The van der Waals surface area contributed by atoms with Crippen LogP contribution in [0.5, 0.6) is 0 Å². The topological polar surface area (TPSA) is 145 Å². The van der Waals surface area contributed by atoms with Crippen molar-refractivity contribution in [2.45, 2.75) is 25.4 Å². The van der Waals surface area contributed by atoms with Gasteiger partial charge in [-0.2, -0.15) is 5.06 Å². The van der Waals surface area contributed by atoms with E-state index < -0.39 is 46.4 Å². The van der Waals surface area contributed by atoms with E-state index in [0.29, 0.717) is 10.6 Å². The Balaban J connectivity index is 2.01. The number of rotatable bonds is 8. The van der Waals surface area contributed by atoms with Gasteiger partial charge in [-0.1, -0.05) is 6.08 Å². The van der Waals surface area contributed by atoms with Crippen molar-refractivity contribution >= 4 is 27.9 Å². The van der Waals surface area contributed by atoms with Crippen molar-refractivity contribution in [1.82, 2.24) is 20.0 Å². The number of hydrogen-bond acceptors (Lipinski definition) is 6. The zero-order chi connectivity index (χ0) is 19.6. The van der Waals surface area contributed by atoms with Crippen molar-refractivity contribution < 1.29 is 37.1 Å². The number of nitrogens with one attached hydrogen (secondary N) is 2. The summed E-state index contributed by atoms with van der Waals surface area (Å²) in [5.74, 6) is -2.42. The van der Waals surface area contributed by atoms with Crippen LogP contribution in [0.3, 0.4) is 0 Å². The van der Waals surface area contributed by atoms with Crippen molar-refractivity contribution in [1.29, 1.82) is 0 Å². The number of carbonyl (C=O) groups excluding carboxylic acids is 2. The molecule has 2 bridgehead atoms. The SMILES string of the molecule is CC1=C[C@@H]2CN(C(=O)N2O[C@@H](F)C(=O)O)[C@@H]1C(=O)NCCNS(C)(=O)=O. The molecule has 0 spiro atoms. The smallest absolute Gasteiger partial charge is 0.368 e. The summed E-state index contributed by atoms with van der Waals surface area (Å²) in [7, 11) is -3.39. The molecule has 2 heterocycles. The van der Waals surface area contributed by atoms with Crippen LogP contribution < -0.4 is 10.0 Å². The van der Waals surface area contributed by atoms with Crippen LogP contribution in [-0.2, 0) is 24.4 Å². The Hall–Kier alpha value is -2.25. The van der Waals surface area contributed by atoms with Gasteiger partial charge in [-0.3, -0.25) is 4.79 Å². The van der Waals surface area contributed by atoms with E-state index in [1.165, 1.54) is 6.08 Å². The number of fused-ring (bicyclic) bond motifs is 2. The van der Waals surface area contributed by atoms with Crippen LogP contribution in [-0.4, -0.2) is 85.7 Å². The molecule has 0 aliphatic carbocycles. The number of carboxylic acid groups (broad SMARTS) is 1. The molecule has 11 nitrogen and oxygen atoms in total. The molecule has 2 rings (SSSR count). The number of nitrogens with zero attached hydrogens (tertiary/aromatic N) is 2. The lowest BCUT2D eigenvalue weighted by atomic mass is 10.00. The standard InChI is InChI=1S/C13H19FN4O7S/c1-7-5-8-6-17(13(22)18(8)25-10(14)12(20)21)9(7)11(19)15-3-4-16-26(2,23)24/h5,8-10,16H,3-4,6H2,1-2H3,(H,15,19)(H,20,21)/t8-,9+,10-/m1/s1. The average Bonchev–Trinajstić information content (AvgIpc) is 2.75. The fourth-order valence-electron chi connectivity index (χ4n) is 2.73. The lowest BCUT2D eigenvalue weighted by molar-refractivity contribution is -0.219. The second-order valence-electron chi connectivity index (χ2n) is 5.86. The second-order valence-corrected chi connectivity index (χ2v) is 7.69. The van der Waals surface area contributed by atoms with Gasteiger partial charge in [0.25, 0.3) is 0 Å². The quantitative estimate of drug-likeness (QED) is 0.332. The monoisotopic (exact) mass is 394 g/mol. The number of aliphatic carboxylic acids is 1. The van der Waals surface area contributed by atoms with E-state index in [1.807, 2.05) is 0 Å². The number of alkyl halides is 1. The summed E-state index contributed by atoms with van der Waals surface area (Å²) in [4.78, 5) is 40.9. The molecule has 146 valence electrons. The fraction of sp³-hybridized carbons (Fsp3) is 0.615. The lowest BCUT2D eigenvalue weighted by Gasteiger charge is -2.29. The van der Waals surface area contributed by atoms with Gasteiger partial charge in [0.1, 0.15) is 6.04 Å². The summed E-state index contributed by atoms with van der Waals surface area (Å²) in [5.41, 5.74) is 0.500. The number of carbonyl (C=O) groups is 3. The van der Waals surface area contributed by atoms with Crippen LogP contribution in [0.2, 0.25) is 0 Å². The minimum atomic E-state index is -3.39. The molecule has 2 aliphatic heterocycles. The van der Waals surface area contributed by atoms with Crippen LogP contribution in [0.25, 0.3) is 0 Å². The van der Waals surface area contributed by atoms with Gasteiger partial charge in [-0.15, -0.1) is 0 Å². The van der Waals surface area contributed by atoms with Gasteiger partial charge >= 0.3 is 18.4 Å². The summed E-state index contributed by atoms with van der Waals surface area (Å²) in [6, 6.07) is -2.52. The summed E-state index contributed by atoms with van der Waals surface area (Å²) in [6.45, 7) is 1.61. The molecule has 2 aliphatic rings. The third-order valence-electron chi connectivity index (χ3n) is 3.75. The molecule has 13 heteroatoms. The molecule has 0 unspecified atom stereocenters.